The Labute approximate surface area is 106 Å². The number of thiophene rings is 1. The monoisotopic (exact) mass is 253 g/mol. The van der Waals surface area contributed by atoms with Crippen molar-refractivity contribution in [3.05, 3.63) is 22.4 Å². The molecule has 0 saturated heterocycles. The lowest BCUT2D eigenvalue weighted by molar-refractivity contribution is -0.138. The predicted molar refractivity (Wildman–Crippen MR) is 69.5 cm³/mol. The first-order valence-electron chi connectivity index (χ1n) is 6.24. The van der Waals surface area contributed by atoms with Crippen LogP contribution in [0.15, 0.2) is 17.5 Å². The first-order chi connectivity index (χ1) is 8.25. The van der Waals surface area contributed by atoms with E-state index < -0.39 is 5.97 Å². The van der Waals surface area contributed by atoms with Gasteiger partial charge in [0, 0.05) is 17.5 Å². The van der Waals surface area contributed by atoms with Crippen molar-refractivity contribution in [2.45, 2.75) is 38.1 Å². The molecular weight excluding hydrogens is 234 g/mol. The summed E-state index contributed by atoms with van der Waals surface area (Å²) in [6, 6.07) is 4.67. The van der Waals surface area contributed by atoms with Crippen molar-refractivity contribution in [2.24, 2.45) is 0 Å². The molecule has 94 valence electrons. The molecule has 0 atom stereocenters. The number of carboxylic acids is 1. The Balaban J connectivity index is 1.88. The highest BCUT2D eigenvalue weighted by Crippen LogP contribution is 2.23. The van der Waals surface area contributed by atoms with Crippen LogP contribution in [0, 0.1) is 0 Å². The van der Waals surface area contributed by atoms with E-state index in [0.717, 1.165) is 25.8 Å². The van der Waals surface area contributed by atoms with Crippen LogP contribution in [0.5, 0.6) is 0 Å². The average molecular weight is 253 g/mol. The van der Waals surface area contributed by atoms with Crippen molar-refractivity contribution in [1.82, 2.24) is 4.90 Å². The van der Waals surface area contributed by atoms with Gasteiger partial charge < -0.3 is 5.11 Å². The van der Waals surface area contributed by atoms with Crippen molar-refractivity contribution < 1.29 is 9.90 Å². The summed E-state index contributed by atoms with van der Waals surface area (Å²) in [5.74, 6) is -0.705. The molecular formula is C13H19NO2S. The van der Waals surface area contributed by atoms with E-state index in [1.54, 1.807) is 11.3 Å². The summed E-state index contributed by atoms with van der Waals surface area (Å²) in [4.78, 5) is 14.4. The number of hydrogen-bond acceptors (Lipinski definition) is 3. The van der Waals surface area contributed by atoms with Gasteiger partial charge in [-0.05, 0) is 30.7 Å². The molecule has 0 aliphatic heterocycles. The molecule has 1 saturated carbocycles. The summed E-state index contributed by atoms with van der Waals surface area (Å²) in [6.45, 7) is 1.06. The number of hydrogen-bond donors (Lipinski definition) is 1. The van der Waals surface area contributed by atoms with Gasteiger partial charge in [-0.1, -0.05) is 18.9 Å². The molecule has 3 nitrogen and oxygen atoms in total. The van der Waals surface area contributed by atoms with Gasteiger partial charge in [0.2, 0.25) is 0 Å². The molecule has 0 aromatic carbocycles. The van der Waals surface area contributed by atoms with Crippen molar-refractivity contribution in [2.75, 3.05) is 13.1 Å². The lowest BCUT2D eigenvalue weighted by Gasteiger charge is -2.26. The Morgan fingerprint density at radius 2 is 2.24 bits per heavy atom. The molecule has 0 unspecified atom stereocenters. The van der Waals surface area contributed by atoms with Crippen LogP contribution in [0.3, 0.4) is 0 Å². The van der Waals surface area contributed by atoms with Crippen LogP contribution < -0.4 is 0 Å². The molecule has 1 fully saturated rings. The number of aliphatic carboxylic acids is 1. The maximum absolute atomic E-state index is 10.9. The van der Waals surface area contributed by atoms with E-state index in [0.29, 0.717) is 6.04 Å². The minimum atomic E-state index is -0.705. The van der Waals surface area contributed by atoms with Gasteiger partial charge in [-0.3, -0.25) is 9.69 Å². The number of carboxylic acid groups (broad SMARTS) is 1. The first kappa shape index (κ1) is 12.6. The van der Waals surface area contributed by atoms with Crippen LogP contribution in [-0.4, -0.2) is 35.1 Å². The fourth-order valence-electron chi connectivity index (χ4n) is 2.54. The molecule has 1 aromatic heterocycles. The van der Waals surface area contributed by atoms with Crippen LogP contribution in [0.25, 0.3) is 0 Å². The Morgan fingerprint density at radius 3 is 2.82 bits per heavy atom. The Kier molecular flexibility index (Phi) is 4.57. The molecule has 0 bridgehead atoms. The van der Waals surface area contributed by atoms with E-state index in [-0.39, 0.29) is 6.54 Å². The fourth-order valence-corrected chi connectivity index (χ4v) is 3.24. The van der Waals surface area contributed by atoms with Gasteiger partial charge >= 0.3 is 5.97 Å². The maximum Gasteiger partial charge on any atom is 0.317 e. The predicted octanol–water partition coefficient (Wildman–Crippen LogP) is 2.62. The second-order valence-corrected chi connectivity index (χ2v) is 5.66. The lowest BCUT2D eigenvalue weighted by atomic mass is 10.2. The Hall–Kier alpha value is -0.870. The lowest BCUT2D eigenvalue weighted by Crippen LogP contribution is -2.38. The van der Waals surface area contributed by atoms with E-state index in [9.17, 15) is 4.79 Å². The zero-order valence-electron chi connectivity index (χ0n) is 9.97. The van der Waals surface area contributed by atoms with Crippen molar-refractivity contribution >= 4 is 17.3 Å². The van der Waals surface area contributed by atoms with Crippen LogP contribution >= 0.6 is 11.3 Å². The minimum absolute atomic E-state index is 0.191. The van der Waals surface area contributed by atoms with Crippen LogP contribution in [0.1, 0.15) is 30.6 Å². The molecule has 2 rings (SSSR count). The van der Waals surface area contributed by atoms with E-state index >= 15 is 0 Å². The third-order valence-corrected chi connectivity index (χ3v) is 4.34. The molecule has 1 N–H and O–H groups in total. The van der Waals surface area contributed by atoms with Gasteiger partial charge in [-0.15, -0.1) is 11.3 Å². The highest BCUT2D eigenvalue weighted by Gasteiger charge is 2.23. The fraction of sp³-hybridized carbons (Fsp3) is 0.615. The topological polar surface area (TPSA) is 40.5 Å². The van der Waals surface area contributed by atoms with Crippen LogP contribution in [-0.2, 0) is 11.2 Å². The minimum Gasteiger partial charge on any atom is -0.480 e. The maximum atomic E-state index is 10.9. The molecule has 17 heavy (non-hydrogen) atoms. The molecule has 1 heterocycles. The van der Waals surface area contributed by atoms with Crippen LogP contribution in [0.2, 0.25) is 0 Å². The van der Waals surface area contributed by atoms with Gasteiger partial charge in [-0.2, -0.15) is 0 Å². The van der Waals surface area contributed by atoms with Gasteiger partial charge in [0.25, 0.3) is 0 Å². The summed E-state index contributed by atoms with van der Waals surface area (Å²) in [5.41, 5.74) is 0. The Morgan fingerprint density at radius 1 is 1.47 bits per heavy atom. The molecule has 0 spiro atoms. The summed E-state index contributed by atoms with van der Waals surface area (Å²) >= 11 is 1.75. The average Bonchev–Trinajstić information content (AvgIpc) is 2.96. The normalized spacial score (nSPS) is 16.8. The summed E-state index contributed by atoms with van der Waals surface area (Å²) in [5, 5.41) is 11.0. The van der Waals surface area contributed by atoms with Crippen molar-refractivity contribution in [3.63, 3.8) is 0 Å². The summed E-state index contributed by atoms with van der Waals surface area (Å²) in [6.07, 6.45) is 5.80. The number of nitrogens with zero attached hydrogens (tertiary/aromatic N) is 1. The molecule has 1 aliphatic carbocycles. The van der Waals surface area contributed by atoms with Gasteiger partial charge in [-0.25, -0.2) is 0 Å². The van der Waals surface area contributed by atoms with E-state index in [1.807, 2.05) is 0 Å². The number of carbonyl (C=O) groups is 1. The third kappa shape index (κ3) is 3.82. The van der Waals surface area contributed by atoms with E-state index in [2.05, 4.69) is 22.4 Å². The van der Waals surface area contributed by atoms with Crippen molar-refractivity contribution in [3.8, 4) is 0 Å². The van der Waals surface area contributed by atoms with E-state index in [1.165, 1.54) is 17.7 Å². The first-order valence-corrected chi connectivity index (χ1v) is 7.12. The van der Waals surface area contributed by atoms with E-state index in [4.69, 9.17) is 5.11 Å². The summed E-state index contributed by atoms with van der Waals surface area (Å²) < 4.78 is 0. The molecule has 4 heteroatoms. The zero-order valence-corrected chi connectivity index (χ0v) is 10.8. The molecule has 0 amide bonds. The largest absolute Gasteiger partial charge is 0.480 e. The SMILES string of the molecule is O=C(O)CN(CCc1cccs1)C1CCCC1. The second-order valence-electron chi connectivity index (χ2n) is 4.63. The second kappa shape index (κ2) is 6.17. The zero-order chi connectivity index (χ0) is 12.1. The molecule has 0 radical (unpaired) electrons. The Bertz CT molecular complexity index is 344. The van der Waals surface area contributed by atoms with Gasteiger partial charge in [0.05, 0.1) is 6.54 Å². The molecule has 1 aromatic rings. The summed E-state index contributed by atoms with van der Waals surface area (Å²) in [7, 11) is 0. The highest BCUT2D eigenvalue weighted by atomic mass is 32.1. The van der Waals surface area contributed by atoms with Crippen molar-refractivity contribution in [1.29, 1.82) is 0 Å². The van der Waals surface area contributed by atoms with Crippen LogP contribution in [0.4, 0.5) is 0 Å². The quantitative estimate of drug-likeness (QED) is 0.847. The van der Waals surface area contributed by atoms with Gasteiger partial charge in [0.1, 0.15) is 0 Å². The standard InChI is InChI=1S/C13H19NO2S/c15-13(16)10-14(11-4-1-2-5-11)8-7-12-6-3-9-17-12/h3,6,9,11H,1-2,4-5,7-8,10H2,(H,15,16). The number of rotatable bonds is 6. The van der Waals surface area contributed by atoms with Gasteiger partial charge in [0.15, 0.2) is 0 Å². The smallest absolute Gasteiger partial charge is 0.317 e. The third-order valence-electron chi connectivity index (χ3n) is 3.40. The molecule has 1 aliphatic rings. The highest BCUT2D eigenvalue weighted by molar-refractivity contribution is 7.09.